The molecule has 0 atom stereocenters. The van der Waals surface area contributed by atoms with Crippen molar-refractivity contribution < 1.29 is 4.70 Å². The number of hydrogen-bond donors (Lipinski definition) is 0. The molecule has 2 aromatic rings. The van der Waals surface area contributed by atoms with Crippen LogP contribution in [-0.2, 0) is 12.8 Å². The Kier molecular flexibility index (Phi) is 12.2. The third-order valence-corrected chi connectivity index (χ3v) is 7.42. The molecule has 2 aromatic carbocycles. The first-order valence-electron chi connectivity index (χ1n) is 14.8. The van der Waals surface area contributed by atoms with Crippen LogP contribution in [0.25, 0.3) is 16.9 Å². The Balaban J connectivity index is 1.75. The lowest BCUT2D eigenvalue weighted by molar-refractivity contribution is -0.344. The highest BCUT2D eigenvalue weighted by atomic mass is 15.2. The van der Waals surface area contributed by atoms with Crippen molar-refractivity contribution in [1.29, 1.82) is 0 Å². The van der Waals surface area contributed by atoms with E-state index in [-0.39, 0.29) is 0 Å². The summed E-state index contributed by atoms with van der Waals surface area (Å²) in [7, 11) is 0. The van der Waals surface area contributed by atoms with Crippen molar-refractivity contribution in [3.8, 4) is 0 Å². The van der Waals surface area contributed by atoms with Crippen LogP contribution in [0.5, 0.6) is 0 Å². The largest absolute Gasteiger partial charge is 0.493 e. The minimum absolute atomic E-state index is 0.910. The van der Waals surface area contributed by atoms with Crippen molar-refractivity contribution in [2.45, 2.75) is 117 Å². The molecule has 36 heavy (non-hydrogen) atoms. The predicted octanol–water partition coefficient (Wildman–Crippen LogP) is 10.7. The van der Waals surface area contributed by atoms with Crippen molar-refractivity contribution in [3.05, 3.63) is 88.0 Å². The number of hydrogen-bond acceptors (Lipinski definition) is 0. The summed E-state index contributed by atoms with van der Waals surface area (Å²) in [6.07, 6.45) is 20.7. The maximum absolute atomic E-state index is 11.5. The van der Waals surface area contributed by atoms with E-state index in [1.165, 1.54) is 85.6 Å². The van der Waals surface area contributed by atoms with Gasteiger partial charge in [-0.1, -0.05) is 103 Å². The highest BCUT2D eigenvalue weighted by molar-refractivity contribution is 5.78. The molecule has 0 N–H and O–H groups in total. The Bertz CT molecular complexity index is 1030. The fraction of sp³-hybridized carbons (Fsp3) is 0.529. The Hall–Kier alpha value is -2.48. The van der Waals surface area contributed by atoms with Gasteiger partial charge in [-0.3, -0.25) is 0 Å². The van der Waals surface area contributed by atoms with Crippen LogP contribution in [0.1, 0.15) is 126 Å². The molecule has 0 bridgehead atoms. The van der Waals surface area contributed by atoms with Gasteiger partial charge in [-0.05, 0) is 73.9 Å². The maximum Gasteiger partial charge on any atom is 0.210 e. The fourth-order valence-corrected chi connectivity index (χ4v) is 5.25. The van der Waals surface area contributed by atoms with E-state index in [9.17, 15) is 5.53 Å². The van der Waals surface area contributed by atoms with Crippen LogP contribution in [0.4, 0.5) is 0 Å². The highest BCUT2D eigenvalue weighted by Gasteiger charge is 2.28. The average molecular weight is 485 g/mol. The van der Waals surface area contributed by atoms with E-state index in [4.69, 9.17) is 0 Å². The van der Waals surface area contributed by atoms with Gasteiger partial charge in [0.2, 0.25) is 11.4 Å². The quantitative estimate of drug-likeness (QED) is 0.158. The molecule has 0 saturated carbocycles. The molecule has 1 aliphatic rings. The second-order valence-electron chi connectivity index (χ2n) is 10.5. The minimum atomic E-state index is 0.910. The van der Waals surface area contributed by atoms with Crippen molar-refractivity contribution in [1.82, 2.24) is 0 Å². The number of benzene rings is 2. The van der Waals surface area contributed by atoms with Crippen LogP contribution in [0.2, 0.25) is 0 Å². The molecule has 0 unspecified atom stereocenters. The topological polar surface area (TPSA) is 25.3 Å². The van der Waals surface area contributed by atoms with Gasteiger partial charge in [-0.25, -0.2) is 4.70 Å². The van der Waals surface area contributed by atoms with Crippen molar-refractivity contribution in [3.63, 3.8) is 0 Å². The molecule has 0 fully saturated rings. The van der Waals surface area contributed by atoms with Gasteiger partial charge >= 0.3 is 0 Å². The average Bonchev–Trinajstić information content (AvgIpc) is 3.23. The summed E-state index contributed by atoms with van der Waals surface area (Å²) in [5.41, 5.74) is 19.6. The lowest BCUT2D eigenvalue weighted by Crippen LogP contribution is -2.03. The summed E-state index contributed by atoms with van der Waals surface area (Å²) in [6, 6.07) is 17.7. The molecule has 0 radical (unpaired) electrons. The number of allylic oxidation sites excluding steroid dienone is 2. The van der Waals surface area contributed by atoms with E-state index in [2.05, 4.69) is 75.4 Å². The fourth-order valence-electron chi connectivity index (χ4n) is 5.25. The van der Waals surface area contributed by atoms with Gasteiger partial charge in [0.25, 0.3) is 0 Å². The van der Waals surface area contributed by atoms with Gasteiger partial charge in [0.1, 0.15) is 0 Å². The van der Waals surface area contributed by atoms with Crippen LogP contribution in [0.15, 0.2) is 60.2 Å². The molecule has 3 rings (SSSR count). The summed E-state index contributed by atoms with van der Waals surface area (Å²) in [5, 5.41) is 0. The number of nitrogens with zero attached hydrogens (tertiary/aromatic N) is 2. The van der Waals surface area contributed by atoms with Crippen LogP contribution < -0.4 is 0 Å². The first-order chi connectivity index (χ1) is 17.7. The lowest BCUT2D eigenvalue weighted by atomic mass is 9.99. The zero-order valence-corrected chi connectivity index (χ0v) is 23.2. The van der Waals surface area contributed by atoms with Crippen molar-refractivity contribution in [2.75, 3.05) is 0 Å². The third-order valence-electron chi connectivity index (χ3n) is 7.42. The SMILES string of the molecule is CCCCCCCCc1cccc(C2=C(CCCC)C=C(c3cccc(CCCCCC)c3)[N+]2=[N-])c1. The second-order valence-corrected chi connectivity index (χ2v) is 10.5. The predicted molar refractivity (Wildman–Crippen MR) is 156 cm³/mol. The molecule has 1 heterocycles. The smallest absolute Gasteiger partial charge is 0.210 e. The van der Waals surface area contributed by atoms with Crippen LogP contribution in [-0.4, -0.2) is 4.70 Å². The summed E-state index contributed by atoms with van der Waals surface area (Å²) >= 11 is 0. The lowest BCUT2D eigenvalue weighted by Gasteiger charge is -2.12. The standard InChI is InChI=1S/C34H48N2/c1-4-7-10-12-13-15-19-29-21-17-24-31(26-29)34-32(22-9-6-3)27-33(36(34)35)30-23-16-20-28(25-30)18-14-11-8-5-2/h16-17,20-21,23-27H,4-15,18-19,22H2,1-3H3. The minimum Gasteiger partial charge on any atom is -0.493 e. The summed E-state index contributed by atoms with van der Waals surface area (Å²) in [4.78, 5) is 0. The van der Waals surface area contributed by atoms with E-state index in [1.807, 2.05) is 0 Å². The van der Waals surface area contributed by atoms with Crippen LogP contribution in [0.3, 0.4) is 0 Å². The van der Waals surface area contributed by atoms with E-state index < -0.39 is 0 Å². The number of unbranched alkanes of at least 4 members (excludes halogenated alkanes) is 9. The second kappa shape index (κ2) is 15.6. The van der Waals surface area contributed by atoms with Crippen LogP contribution >= 0.6 is 0 Å². The monoisotopic (exact) mass is 484 g/mol. The van der Waals surface area contributed by atoms with Gasteiger partial charge in [-0.15, -0.1) is 0 Å². The molecular formula is C34H48N2. The van der Waals surface area contributed by atoms with E-state index >= 15 is 0 Å². The van der Waals surface area contributed by atoms with E-state index in [0.717, 1.165) is 54.6 Å². The molecule has 0 spiro atoms. The molecule has 2 nitrogen and oxygen atoms in total. The summed E-state index contributed by atoms with van der Waals surface area (Å²) < 4.78 is 1.46. The van der Waals surface area contributed by atoms with Gasteiger partial charge < -0.3 is 5.53 Å². The molecule has 0 saturated heterocycles. The van der Waals surface area contributed by atoms with Crippen LogP contribution in [0, 0.1) is 0 Å². The Morgan fingerprint density at radius 3 is 1.75 bits per heavy atom. The molecule has 0 aliphatic carbocycles. The van der Waals surface area contributed by atoms with E-state index in [0.29, 0.717) is 0 Å². The molecule has 0 aromatic heterocycles. The van der Waals surface area contributed by atoms with Crippen molar-refractivity contribution in [2.24, 2.45) is 0 Å². The molecule has 194 valence electrons. The normalized spacial score (nSPS) is 13.5. The Morgan fingerprint density at radius 2 is 1.11 bits per heavy atom. The Morgan fingerprint density at radius 1 is 0.583 bits per heavy atom. The zero-order chi connectivity index (χ0) is 25.6. The zero-order valence-electron chi connectivity index (χ0n) is 23.2. The summed E-state index contributed by atoms with van der Waals surface area (Å²) in [5.74, 6) is 0. The maximum atomic E-state index is 11.5. The third kappa shape index (κ3) is 8.29. The van der Waals surface area contributed by atoms with Gasteiger partial charge in [0.15, 0.2) is 0 Å². The number of aryl methyl sites for hydroxylation is 2. The Labute approximate surface area is 221 Å². The van der Waals surface area contributed by atoms with E-state index in [1.54, 1.807) is 0 Å². The molecule has 1 aliphatic heterocycles. The van der Waals surface area contributed by atoms with Crippen molar-refractivity contribution >= 4 is 11.4 Å². The van der Waals surface area contributed by atoms with Gasteiger partial charge in [0, 0.05) is 22.8 Å². The first kappa shape index (κ1) is 28.1. The first-order valence-corrected chi connectivity index (χ1v) is 14.8. The van der Waals surface area contributed by atoms with Gasteiger partial charge in [0.05, 0.1) is 0 Å². The summed E-state index contributed by atoms with van der Waals surface area (Å²) in [6.45, 7) is 6.77. The molecule has 2 heteroatoms. The highest BCUT2D eigenvalue weighted by Crippen LogP contribution is 2.38. The number of rotatable bonds is 17. The molecule has 0 amide bonds. The molecular weight excluding hydrogens is 436 g/mol. The van der Waals surface area contributed by atoms with Gasteiger partial charge in [-0.2, -0.15) is 0 Å².